The number of nitrogens with zero attached hydrogens (tertiary/aromatic N) is 2. The third kappa shape index (κ3) is 1.97. The number of rotatable bonds is 3. The van der Waals surface area contributed by atoms with Gasteiger partial charge >= 0.3 is 0 Å². The van der Waals surface area contributed by atoms with Crippen molar-refractivity contribution in [3.63, 3.8) is 0 Å². The van der Waals surface area contributed by atoms with Crippen LogP contribution in [0.2, 0.25) is 0 Å². The number of hydrogen-bond acceptors (Lipinski definition) is 2. The molecule has 1 heterocycles. The van der Waals surface area contributed by atoms with Crippen molar-refractivity contribution < 1.29 is 4.79 Å². The molecule has 0 radical (unpaired) electrons. The smallest absolute Gasteiger partial charge is 0.234 e. The van der Waals surface area contributed by atoms with Crippen LogP contribution >= 0.6 is 0 Å². The van der Waals surface area contributed by atoms with Crippen LogP contribution in [0.5, 0.6) is 0 Å². The molecule has 3 heteroatoms. The van der Waals surface area contributed by atoms with Crippen LogP contribution in [0.15, 0.2) is 35.5 Å². The molecule has 0 atom stereocenters. The van der Waals surface area contributed by atoms with E-state index in [0.717, 1.165) is 6.42 Å². The topological polar surface area (TPSA) is 34.4 Å². The first-order valence-corrected chi connectivity index (χ1v) is 4.89. The zero-order valence-corrected chi connectivity index (χ0v) is 8.60. The van der Waals surface area contributed by atoms with E-state index in [1.807, 2.05) is 13.2 Å². The predicted octanol–water partition coefficient (Wildman–Crippen LogP) is 2.06. The second kappa shape index (κ2) is 4.11. The molecule has 0 unspecified atom stereocenters. The monoisotopic (exact) mass is 200 g/mol. The summed E-state index contributed by atoms with van der Waals surface area (Å²) in [5, 5.41) is 1.23. The Hall–Kier alpha value is -1.86. The minimum atomic E-state index is 0.516. The zero-order chi connectivity index (χ0) is 10.7. The van der Waals surface area contributed by atoms with Gasteiger partial charge in [0.2, 0.25) is 6.08 Å². The average Bonchev–Trinajstić information content (AvgIpc) is 2.61. The van der Waals surface area contributed by atoms with Gasteiger partial charge in [-0.2, -0.15) is 0 Å². The number of aliphatic imine (C=N–C) groups is 1. The van der Waals surface area contributed by atoms with Gasteiger partial charge in [-0.25, -0.2) is 9.79 Å². The van der Waals surface area contributed by atoms with Crippen molar-refractivity contribution >= 4 is 17.0 Å². The van der Waals surface area contributed by atoms with Gasteiger partial charge in [-0.1, -0.05) is 6.07 Å². The Labute approximate surface area is 88.0 Å². The summed E-state index contributed by atoms with van der Waals surface area (Å²) < 4.78 is 2.09. The van der Waals surface area contributed by atoms with E-state index in [-0.39, 0.29) is 0 Å². The summed E-state index contributed by atoms with van der Waals surface area (Å²) >= 11 is 0. The van der Waals surface area contributed by atoms with E-state index >= 15 is 0 Å². The van der Waals surface area contributed by atoms with Crippen molar-refractivity contribution in [2.24, 2.45) is 12.0 Å². The quantitative estimate of drug-likeness (QED) is 0.551. The molecule has 0 aliphatic carbocycles. The van der Waals surface area contributed by atoms with Crippen LogP contribution in [0.1, 0.15) is 5.56 Å². The molecular weight excluding hydrogens is 188 g/mol. The molecule has 0 saturated carbocycles. The first-order chi connectivity index (χ1) is 7.31. The van der Waals surface area contributed by atoms with E-state index in [1.165, 1.54) is 16.5 Å². The van der Waals surface area contributed by atoms with Crippen molar-refractivity contribution in [2.75, 3.05) is 6.54 Å². The molecule has 0 fully saturated rings. The van der Waals surface area contributed by atoms with E-state index in [1.54, 1.807) is 6.08 Å². The largest absolute Gasteiger partial charge is 0.351 e. The summed E-state index contributed by atoms with van der Waals surface area (Å²) in [5.74, 6) is 0. The molecule has 76 valence electrons. The summed E-state index contributed by atoms with van der Waals surface area (Å²) in [6.45, 7) is 0.516. The minimum Gasteiger partial charge on any atom is -0.351 e. The highest BCUT2D eigenvalue weighted by atomic mass is 16.1. The lowest BCUT2D eigenvalue weighted by molar-refractivity contribution is 0.563. The van der Waals surface area contributed by atoms with E-state index < -0.39 is 0 Å². The second-order valence-electron chi connectivity index (χ2n) is 3.54. The highest BCUT2D eigenvalue weighted by molar-refractivity contribution is 5.80. The Balaban J connectivity index is 2.27. The number of hydrogen-bond donors (Lipinski definition) is 0. The highest BCUT2D eigenvalue weighted by Gasteiger charge is 1.99. The summed E-state index contributed by atoms with van der Waals surface area (Å²) in [5.41, 5.74) is 2.42. The van der Waals surface area contributed by atoms with Gasteiger partial charge in [0.25, 0.3) is 0 Å². The first kappa shape index (κ1) is 9.69. The van der Waals surface area contributed by atoms with Crippen LogP contribution in [-0.2, 0) is 18.3 Å². The van der Waals surface area contributed by atoms with Crippen molar-refractivity contribution in [3.05, 3.63) is 36.0 Å². The maximum Gasteiger partial charge on any atom is 0.234 e. The minimum absolute atomic E-state index is 0.516. The summed E-state index contributed by atoms with van der Waals surface area (Å²) in [4.78, 5) is 13.5. The molecule has 0 amide bonds. The third-order valence-corrected chi connectivity index (χ3v) is 2.53. The fourth-order valence-corrected chi connectivity index (χ4v) is 1.72. The molecule has 0 aliphatic heterocycles. The Morgan fingerprint density at radius 3 is 3.07 bits per heavy atom. The van der Waals surface area contributed by atoms with Gasteiger partial charge in [0.15, 0.2) is 0 Å². The number of aromatic nitrogens is 1. The van der Waals surface area contributed by atoms with E-state index in [0.29, 0.717) is 6.54 Å². The van der Waals surface area contributed by atoms with Gasteiger partial charge in [0.1, 0.15) is 0 Å². The van der Waals surface area contributed by atoms with Crippen molar-refractivity contribution in [3.8, 4) is 0 Å². The maximum atomic E-state index is 9.92. The zero-order valence-electron chi connectivity index (χ0n) is 8.60. The van der Waals surface area contributed by atoms with Crippen LogP contribution in [-0.4, -0.2) is 17.2 Å². The lowest BCUT2D eigenvalue weighted by Crippen LogP contribution is -1.89. The molecule has 2 aromatic rings. The molecule has 1 aromatic heterocycles. The first-order valence-electron chi connectivity index (χ1n) is 4.89. The summed E-state index contributed by atoms with van der Waals surface area (Å²) in [7, 11) is 2.03. The maximum absolute atomic E-state index is 9.92. The van der Waals surface area contributed by atoms with Crippen molar-refractivity contribution in [1.82, 2.24) is 4.57 Å². The molecular formula is C12H12N2O. The van der Waals surface area contributed by atoms with Crippen molar-refractivity contribution in [1.29, 1.82) is 0 Å². The molecule has 0 saturated heterocycles. The second-order valence-corrected chi connectivity index (χ2v) is 3.54. The Kier molecular flexibility index (Phi) is 2.66. The Morgan fingerprint density at radius 2 is 2.27 bits per heavy atom. The van der Waals surface area contributed by atoms with E-state index in [4.69, 9.17) is 0 Å². The summed E-state index contributed by atoms with van der Waals surface area (Å²) in [6, 6.07) is 8.38. The van der Waals surface area contributed by atoms with E-state index in [2.05, 4.69) is 33.8 Å². The standard InChI is InChI=1S/C12H12N2O/c1-14-7-5-11-8-10(2-3-12(11)14)4-6-13-9-15/h2-3,5,7-8H,4,6H2,1H3. The summed E-state index contributed by atoms with van der Waals surface area (Å²) in [6.07, 6.45) is 4.38. The fraction of sp³-hybridized carbons (Fsp3) is 0.250. The molecule has 0 N–H and O–H groups in total. The number of fused-ring (bicyclic) bond motifs is 1. The Bertz CT molecular complexity index is 521. The molecule has 15 heavy (non-hydrogen) atoms. The van der Waals surface area contributed by atoms with Crippen LogP contribution in [0.3, 0.4) is 0 Å². The lowest BCUT2D eigenvalue weighted by atomic mass is 10.1. The third-order valence-electron chi connectivity index (χ3n) is 2.53. The van der Waals surface area contributed by atoms with Gasteiger partial charge in [0.05, 0.1) is 6.54 Å². The molecule has 0 aliphatic rings. The Morgan fingerprint density at radius 1 is 1.40 bits per heavy atom. The van der Waals surface area contributed by atoms with E-state index in [9.17, 15) is 4.79 Å². The van der Waals surface area contributed by atoms with Gasteiger partial charge in [0, 0.05) is 18.8 Å². The predicted molar refractivity (Wildman–Crippen MR) is 59.6 cm³/mol. The van der Waals surface area contributed by atoms with Crippen LogP contribution in [0, 0.1) is 0 Å². The number of isocyanates is 1. The van der Waals surface area contributed by atoms with Gasteiger partial charge < -0.3 is 4.57 Å². The van der Waals surface area contributed by atoms with Gasteiger partial charge in [-0.3, -0.25) is 0 Å². The molecule has 0 spiro atoms. The average molecular weight is 200 g/mol. The van der Waals surface area contributed by atoms with Crippen LogP contribution in [0.4, 0.5) is 0 Å². The van der Waals surface area contributed by atoms with Crippen LogP contribution < -0.4 is 0 Å². The fourth-order valence-electron chi connectivity index (χ4n) is 1.72. The molecule has 2 rings (SSSR count). The SMILES string of the molecule is Cn1ccc2cc(CCN=C=O)ccc21. The van der Waals surface area contributed by atoms with Crippen molar-refractivity contribution in [2.45, 2.75) is 6.42 Å². The number of benzene rings is 1. The highest BCUT2D eigenvalue weighted by Crippen LogP contribution is 2.16. The van der Waals surface area contributed by atoms with Gasteiger partial charge in [-0.15, -0.1) is 0 Å². The number of carbonyl (C=O) groups excluding carboxylic acids is 1. The molecule has 3 nitrogen and oxygen atoms in total. The molecule has 0 bridgehead atoms. The van der Waals surface area contributed by atoms with Crippen LogP contribution in [0.25, 0.3) is 10.9 Å². The van der Waals surface area contributed by atoms with Gasteiger partial charge in [-0.05, 0) is 35.6 Å². The molecule has 1 aromatic carbocycles. The lowest BCUT2D eigenvalue weighted by Gasteiger charge is -1.99. The number of aryl methyl sites for hydroxylation is 1. The normalized spacial score (nSPS) is 10.2.